The highest BCUT2D eigenvalue weighted by Gasteiger charge is 2.26. The van der Waals surface area contributed by atoms with Crippen LogP contribution in [0.4, 0.5) is 4.39 Å². The van der Waals surface area contributed by atoms with Crippen molar-refractivity contribution in [1.82, 2.24) is 14.5 Å². The van der Waals surface area contributed by atoms with Crippen LogP contribution in [0.1, 0.15) is 11.1 Å². The van der Waals surface area contributed by atoms with Crippen LogP contribution in [0.25, 0.3) is 0 Å². The monoisotopic (exact) mass is 459 g/mol. The molecule has 1 saturated heterocycles. The van der Waals surface area contributed by atoms with Gasteiger partial charge in [0.1, 0.15) is 5.82 Å². The molecule has 1 aliphatic rings. The minimum absolute atomic E-state index is 0.0884. The summed E-state index contributed by atoms with van der Waals surface area (Å²) >= 11 is 0. The van der Waals surface area contributed by atoms with Crippen molar-refractivity contribution >= 4 is 15.9 Å². The van der Waals surface area contributed by atoms with Crippen LogP contribution in [-0.2, 0) is 32.6 Å². The molecule has 2 aromatic rings. The number of terminal acetylenes is 1. The quantitative estimate of drug-likeness (QED) is 0.577. The van der Waals surface area contributed by atoms with Crippen molar-refractivity contribution in [3.8, 4) is 12.3 Å². The van der Waals surface area contributed by atoms with Gasteiger partial charge in [-0.05, 0) is 35.4 Å². The fourth-order valence-corrected chi connectivity index (χ4v) is 4.73. The lowest BCUT2D eigenvalue weighted by atomic mass is 10.2. The van der Waals surface area contributed by atoms with Gasteiger partial charge in [-0.2, -0.15) is 4.31 Å². The van der Waals surface area contributed by atoms with E-state index in [1.165, 1.54) is 16.4 Å². The van der Waals surface area contributed by atoms with E-state index < -0.39 is 10.0 Å². The molecule has 0 aliphatic carbocycles. The molecule has 1 fully saturated rings. The molecule has 0 saturated carbocycles. The van der Waals surface area contributed by atoms with Gasteiger partial charge in [0.05, 0.1) is 31.2 Å². The number of sulfonamides is 1. The summed E-state index contributed by atoms with van der Waals surface area (Å²) in [4.78, 5) is 14.4. The Morgan fingerprint density at radius 3 is 2.34 bits per heavy atom. The molecule has 0 radical (unpaired) electrons. The summed E-state index contributed by atoms with van der Waals surface area (Å²) in [6.07, 6.45) is 5.41. The molecule has 3 rings (SSSR count). The smallest absolute Gasteiger partial charge is 0.243 e. The Labute approximate surface area is 188 Å². The van der Waals surface area contributed by atoms with Gasteiger partial charge in [0, 0.05) is 26.2 Å². The van der Waals surface area contributed by atoms with Crippen LogP contribution >= 0.6 is 0 Å². The third-order valence-corrected chi connectivity index (χ3v) is 6.94. The highest BCUT2D eigenvalue weighted by atomic mass is 32.2. The number of carbonyl (C=O) groups is 1. The maximum Gasteiger partial charge on any atom is 0.243 e. The van der Waals surface area contributed by atoms with E-state index in [0.717, 1.165) is 11.1 Å². The molecule has 0 spiro atoms. The molecule has 170 valence electrons. The van der Waals surface area contributed by atoms with E-state index in [0.29, 0.717) is 32.8 Å². The molecule has 0 bridgehead atoms. The molecular formula is C23H26FN3O4S. The van der Waals surface area contributed by atoms with E-state index in [4.69, 9.17) is 11.2 Å². The summed E-state index contributed by atoms with van der Waals surface area (Å²) < 4.78 is 45.0. The predicted molar refractivity (Wildman–Crippen MR) is 118 cm³/mol. The molecular weight excluding hydrogens is 433 g/mol. The second-order valence-corrected chi connectivity index (χ2v) is 9.35. The van der Waals surface area contributed by atoms with Crippen LogP contribution in [0, 0.1) is 18.2 Å². The van der Waals surface area contributed by atoms with Crippen LogP contribution < -0.4 is 5.32 Å². The number of nitrogens with one attached hydrogen (secondary N) is 1. The molecule has 0 atom stereocenters. The van der Waals surface area contributed by atoms with Crippen molar-refractivity contribution in [1.29, 1.82) is 0 Å². The number of hydrogen-bond donors (Lipinski definition) is 1. The molecule has 2 aromatic carbocycles. The summed E-state index contributed by atoms with van der Waals surface area (Å²) in [5, 5.41) is 2.82. The van der Waals surface area contributed by atoms with Gasteiger partial charge < -0.3 is 10.1 Å². The van der Waals surface area contributed by atoms with Gasteiger partial charge in [-0.15, -0.1) is 6.42 Å². The Morgan fingerprint density at radius 2 is 1.72 bits per heavy atom. The van der Waals surface area contributed by atoms with Gasteiger partial charge in [0.25, 0.3) is 0 Å². The number of nitrogens with zero attached hydrogens (tertiary/aromatic N) is 2. The van der Waals surface area contributed by atoms with Gasteiger partial charge in [-0.3, -0.25) is 9.69 Å². The van der Waals surface area contributed by atoms with E-state index >= 15 is 0 Å². The van der Waals surface area contributed by atoms with Crippen molar-refractivity contribution in [3.05, 3.63) is 65.5 Å². The maximum absolute atomic E-state index is 13.1. The van der Waals surface area contributed by atoms with Crippen LogP contribution in [-0.4, -0.2) is 62.9 Å². The highest BCUT2D eigenvalue weighted by molar-refractivity contribution is 7.89. The lowest BCUT2D eigenvalue weighted by Crippen LogP contribution is -2.40. The Balaban J connectivity index is 1.53. The van der Waals surface area contributed by atoms with E-state index in [1.807, 2.05) is 0 Å². The normalized spacial score (nSPS) is 14.8. The molecule has 0 unspecified atom stereocenters. The Kier molecular flexibility index (Phi) is 8.36. The third-order valence-electron chi connectivity index (χ3n) is 5.02. The van der Waals surface area contributed by atoms with Crippen LogP contribution in [0.3, 0.4) is 0 Å². The fraction of sp³-hybridized carbons (Fsp3) is 0.348. The average Bonchev–Trinajstić information content (AvgIpc) is 2.80. The van der Waals surface area contributed by atoms with E-state index in [-0.39, 0.29) is 36.3 Å². The number of ether oxygens (including phenoxy) is 1. The number of carbonyl (C=O) groups excluding carboxylic acids is 1. The van der Waals surface area contributed by atoms with Crippen molar-refractivity contribution in [2.45, 2.75) is 18.0 Å². The summed E-state index contributed by atoms with van der Waals surface area (Å²) in [6.45, 7) is 2.51. The molecule has 1 aliphatic heterocycles. The molecule has 0 aromatic heterocycles. The first-order valence-corrected chi connectivity index (χ1v) is 11.7. The predicted octanol–water partition coefficient (Wildman–Crippen LogP) is 1.60. The van der Waals surface area contributed by atoms with Gasteiger partial charge >= 0.3 is 0 Å². The SMILES string of the molecule is C#CCN(CC(=O)NCc1ccc(S(=O)(=O)N2CCOCC2)cc1)Cc1ccc(F)cc1. The second kappa shape index (κ2) is 11.2. The minimum atomic E-state index is -3.55. The number of benzene rings is 2. The van der Waals surface area contributed by atoms with Crippen LogP contribution in [0.2, 0.25) is 0 Å². The zero-order chi connectivity index (χ0) is 23.0. The number of amides is 1. The summed E-state index contributed by atoms with van der Waals surface area (Å²) in [7, 11) is -3.55. The lowest BCUT2D eigenvalue weighted by Gasteiger charge is -2.26. The standard InChI is InChI=1S/C23H26FN3O4S/c1-2-11-26(17-20-3-7-21(24)8-4-20)18-23(28)25-16-19-5-9-22(10-6-19)32(29,30)27-12-14-31-15-13-27/h1,3-10H,11-18H2,(H,25,28). The van der Waals surface area contributed by atoms with Crippen LogP contribution in [0.5, 0.6) is 0 Å². The van der Waals surface area contributed by atoms with Gasteiger partial charge in [-0.1, -0.05) is 30.2 Å². The number of halogens is 1. The summed E-state index contributed by atoms with van der Waals surface area (Å²) in [5.74, 6) is 1.99. The first-order chi connectivity index (χ1) is 15.4. The van der Waals surface area contributed by atoms with E-state index in [1.54, 1.807) is 41.3 Å². The van der Waals surface area contributed by atoms with Gasteiger partial charge in [-0.25, -0.2) is 12.8 Å². The van der Waals surface area contributed by atoms with Crippen LogP contribution in [0.15, 0.2) is 53.4 Å². The largest absolute Gasteiger partial charge is 0.379 e. The molecule has 7 nitrogen and oxygen atoms in total. The number of rotatable bonds is 9. The molecule has 32 heavy (non-hydrogen) atoms. The van der Waals surface area contributed by atoms with Crippen molar-refractivity contribution < 1.29 is 22.3 Å². The number of morpholine rings is 1. The van der Waals surface area contributed by atoms with Crippen molar-refractivity contribution in [3.63, 3.8) is 0 Å². The second-order valence-electron chi connectivity index (χ2n) is 7.41. The van der Waals surface area contributed by atoms with Crippen molar-refractivity contribution in [2.24, 2.45) is 0 Å². The number of hydrogen-bond acceptors (Lipinski definition) is 5. The summed E-state index contributed by atoms with van der Waals surface area (Å²) in [6, 6.07) is 12.5. The maximum atomic E-state index is 13.1. The minimum Gasteiger partial charge on any atom is -0.379 e. The van der Waals surface area contributed by atoms with Gasteiger partial charge in [0.2, 0.25) is 15.9 Å². The molecule has 9 heteroatoms. The Morgan fingerprint density at radius 1 is 1.09 bits per heavy atom. The first-order valence-electron chi connectivity index (χ1n) is 10.2. The van der Waals surface area contributed by atoms with E-state index in [2.05, 4.69) is 11.2 Å². The lowest BCUT2D eigenvalue weighted by molar-refractivity contribution is -0.122. The molecule has 1 amide bonds. The van der Waals surface area contributed by atoms with Crippen molar-refractivity contribution in [2.75, 3.05) is 39.4 Å². The first kappa shape index (κ1) is 23.9. The molecule has 1 N–H and O–H groups in total. The fourth-order valence-electron chi connectivity index (χ4n) is 3.32. The van der Waals surface area contributed by atoms with E-state index in [9.17, 15) is 17.6 Å². The summed E-state index contributed by atoms with van der Waals surface area (Å²) in [5.41, 5.74) is 1.63. The Hall–Kier alpha value is -2.77. The third kappa shape index (κ3) is 6.61. The highest BCUT2D eigenvalue weighted by Crippen LogP contribution is 2.17. The zero-order valence-corrected chi connectivity index (χ0v) is 18.5. The average molecular weight is 460 g/mol. The zero-order valence-electron chi connectivity index (χ0n) is 17.7. The topological polar surface area (TPSA) is 79.0 Å². The Bertz CT molecular complexity index is 1040. The van der Waals surface area contributed by atoms with Gasteiger partial charge in [0.15, 0.2) is 0 Å². The molecule has 1 heterocycles.